The Morgan fingerprint density at radius 1 is 0.758 bits per heavy atom. The van der Waals surface area contributed by atoms with Gasteiger partial charge in [0.2, 0.25) is 0 Å². The molecule has 10 nitrogen and oxygen atoms in total. The fourth-order valence-electron chi connectivity index (χ4n) is 2.77. The normalized spacial score (nSPS) is 10.2. The van der Waals surface area contributed by atoms with Crippen LogP contribution in [0, 0.1) is 0 Å². The Morgan fingerprint density at radius 3 is 2.24 bits per heavy atom. The molecule has 0 unspecified atom stereocenters. The van der Waals surface area contributed by atoms with E-state index in [1.807, 2.05) is 0 Å². The second-order valence-electron chi connectivity index (χ2n) is 6.48. The number of imide groups is 1. The number of hydrogen-bond donors (Lipinski definition) is 3. The third-order valence-electron chi connectivity index (χ3n) is 4.25. The summed E-state index contributed by atoms with van der Waals surface area (Å²) in [6, 6.07) is 11.5. The summed E-state index contributed by atoms with van der Waals surface area (Å²) >= 11 is 1.07. The van der Waals surface area contributed by atoms with Gasteiger partial charge in [-0.1, -0.05) is 6.07 Å². The van der Waals surface area contributed by atoms with E-state index in [9.17, 15) is 14.4 Å². The number of hydrogen-bond acceptors (Lipinski definition) is 7. The van der Waals surface area contributed by atoms with Crippen LogP contribution in [0.1, 0.15) is 10.4 Å². The molecular formula is C22H17N7O3S. The molecule has 164 valence electrons. The maximum Gasteiger partial charge on any atom is 0.335 e. The van der Waals surface area contributed by atoms with Crippen molar-refractivity contribution < 1.29 is 14.4 Å². The fourth-order valence-corrected chi connectivity index (χ4v) is 3.67. The van der Waals surface area contributed by atoms with Crippen molar-refractivity contribution >= 4 is 51.5 Å². The van der Waals surface area contributed by atoms with Crippen LogP contribution in [0.25, 0.3) is 0 Å². The standard InChI is InChI=1S/C22H17N7O3S/c30-19(28-18-5-1-2-10-25-18)17-8-13-33-20(17)29(21(31)26-15-6-11-23-12-7-15)22(32)27-16-4-3-9-24-14-16/h1-14H,(H,27,32)(H,23,26,31)(H,25,28,30). The molecule has 0 aliphatic rings. The van der Waals surface area contributed by atoms with Gasteiger partial charge in [-0.25, -0.2) is 19.5 Å². The molecule has 4 heterocycles. The van der Waals surface area contributed by atoms with Crippen molar-refractivity contribution in [2.45, 2.75) is 0 Å². The van der Waals surface area contributed by atoms with E-state index in [1.165, 1.54) is 24.7 Å². The van der Waals surface area contributed by atoms with Gasteiger partial charge in [-0.3, -0.25) is 14.8 Å². The lowest BCUT2D eigenvalue weighted by molar-refractivity contribution is 0.102. The number of aromatic nitrogens is 3. The zero-order chi connectivity index (χ0) is 23.0. The van der Waals surface area contributed by atoms with Crippen LogP contribution in [-0.4, -0.2) is 32.9 Å². The number of anilines is 4. The van der Waals surface area contributed by atoms with E-state index in [1.54, 1.807) is 60.2 Å². The van der Waals surface area contributed by atoms with Crippen LogP contribution >= 0.6 is 11.3 Å². The van der Waals surface area contributed by atoms with Crippen molar-refractivity contribution in [1.29, 1.82) is 0 Å². The highest BCUT2D eigenvalue weighted by molar-refractivity contribution is 7.15. The SMILES string of the molecule is O=C(Nc1ccccn1)c1ccsc1N(C(=O)Nc1ccncc1)C(=O)Nc1cccnc1. The van der Waals surface area contributed by atoms with Crippen molar-refractivity contribution in [1.82, 2.24) is 15.0 Å². The topological polar surface area (TPSA) is 129 Å². The first-order valence-corrected chi connectivity index (χ1v) is 10.5. The number of amides is 5. The lowest BCUT2D eigenvalue weighted by atomic mass is 10.3. The molecule has 3 N–H and O–H groups in total. The molecule has 33 heavy (non-hydrogen) atoms. The number of nitrogens with one attached hydrogen (secondary N) is 3. The van der Waals surface area contributed by atoms with Crippen LogP contribution < -0.4 is 20.9 Å². The van der Waals surface area contributed by atoms with E-state index < -0.39 is 18.0 Å². The molecule has 0 spiro atoms. The molecule has 4 aromatic rings. The number of urea groups is 2. The van der Waals surface area contributed by atoms with Crippen molar-refractivity contribution in [3.63, 3.8) is 0 Å². The van der Waals surface area contributed by atoms with Gasteiger partial charge in [0.05, 0.1) is 17.4 Å². The lowest BCUT2D eigenvalue weighted by Crippen LogP contribution is -2.43. The highest BCUT2D eigenvalue weighted by Crippen LogP contribution is 2.30. The van der Waals surface area contributed by atoms with Crippen molar-refractivity contribution in [3.05, 3.63) is 90.5 Å². The smallest absolute Gasteiger partial charge is 0.307 e. The Kier molecular flexibility index (Phi) is 6.61. The first kappa shape index (κ1) is 21.6. The number of nitrogens with zero attached hydrogens (tertiary/aromatic N) is 4. The number of carbonyl (C=O) groups is 3. The molecule has 11 heteroatoms. The fraction of sp³-hybridized carbons (Fsp3) is 0. The zero-order valence-electron chi connectivity index (χ0n) is 17.0. The maximum atomic E-state index is 13.2. The minimum Gasteiger partial charge on any atom is -0.307 e. The van der Waals surface area contributed by atoms with Gasteiger partial charge < -0.3 is 16.0 Å². The van der Waals surface area contributed by atoms with Crippen LogP contribution in [0.5, 0.6) is 0 Å². The molecule has 0 radical (unpaired) electrons. The van der Waals surface area contributed by atoms with E-state index in [2.05, 4.69) is 30.9 Å². The molecule has 0 saturated carbocycles. The van der Waals surface area contributed by atoms with Crippen LogP contribution in [0.4, 0.5) is 31.8 Å². The molecule has 0 aliphatic carbocycles. The minimum absolute atomic E-state index is 0.136. The average Bonchev–Trinajstić information content (AvgIpc) is 3.30. The van der Waals surface area contributed by atoms with E-state index in [-0.39, 0.29) is 10.6 Å². The van der Waals surface area contributed by atoms with Gasteiger partial charge in [-0.05, 0) is 47.8 Å². The number of pyridine rings is 3. The molecule has 4 aromatic heterocycles. The Balaban J connectivity index is 1.64. The third-order valence-corrected chi connectivity index (χ3v) is 5.15. The summed E-state index contributed by atoms with van der Waals surface area (Å²) in [5.41, 5.74) is 0.961. The van der Waals surface area contributed by atoms with Crippen molar-refractivity contribution in [3.8, 4) is 0 Å². The summed E-state index contributed by atoms with van der Waals surface area (Å²) in [6.45, 7) is 0. The maximum absolute atomic E-state index is 13.2. The highest BCUT2D eigenvalue weighted by atomic mass is 32.1. The number of carbonyl (C=O) groups excluding carboxylic acids is 3. The number of thiophene rings is 1. The van der Waals surface area contributed by atoms with Crippen LogP contribution in [0.15, 0.2) is 84.9 Å². The van der Waals surface area contributed by atoms with E-state index in [0.717, 1.165) is 16.2 Å². The second-order valence-corrected chi connectivity index (χ2v) is 7.38. The van der Waals surface area contributed by atoms with E-state index >= 15 is 0 Å². The molecule has 0 atom stereocenters. The first-order chi connectivity index (χ1) is 16.1. The van der Waals surface area contributed by atoms with Gasteiger partial charge in [-0.2, -0.15) is 0 Å². The monoisotopic (exact) mass is 459 g/mol. The van der Waals surface area contributed by atoms with Crippen LogP contribution in [0.2, 0.25) is 0 Å². The van der Waals surface area contributed by atoms with Crippen LogP contribution in [-0.2, 0) is 0 Å². The molecule has 0 saturated heterocycles. The quantitative estimate of drug-likeness (QED) is 0.404. The van der Waals surface area contributed by atoms with Crippen molar-refractivity contribution in [2.24, 2.45) is 0 Å². The third kappa shape index (κ3) is 5.35. The molecule has 0 fully saturated rings. The summed E-state index contributed by atoms with van der Waals surface area (Å²) in [6.07, 6.45) is 7.56. The van der Waals surface area contributed by atoms with Gasteiger partial charge in [0, 0.05) is 30.5 Å². The predicted molar refractivity (Wildman–Crippen MR) is 125 cm³/mol. The molecular weight excluding hydrogens is 442 g/mol. The molecule has 0 aromatic carbocycles. The Morgan fingerprint density at radius 2 is 1.55 bits per heavy atom. The highest BCUT2D eigenvalue weighted by Gasteiger charge is 2.29. The van der Waals surface area contributed by atoms with E-state index in [4.69, 9.17) is 0 Å². The van der Waals surface area contributed by atoms with Gasteiger partial charge in [0.25, 0.3) is 5.91 Å². The van der Waals surface area contributed by atoms with Gasteiger partial charge in [0.15, 0.2) is 0 Å². The van der Waals surface area contributed by atoms with Gasteiger partial charge >= 0.3 is 12.1 Å². The lowest BCUT2D eigenvalue weighted by Gasteiger charge is -2.21. The molecule has 0 aliphatic heterocycles. The summed E-state index contributed by atoms with van der Waals surface area (Å²) in [5.74, 6) is -0.173. The first-order valence-electron chi connectivity index (χ1n) is 9.64. The summed E-state index contributed by atoms with van der Waals surface area (Å²) in [5, 5.41) is 9.69. The Bertz CT molecular complexity index is 1200. The Labute approximate surface area is 192 Å². The molecule has 0 bridgehead atoms. The average molecular weight is 459 g/mol. The summed E-state index contributed by atoms with van der Waals surface area (Å²) in [4.78, 5) is 52.0. The van der Waals surface area contributed by atoms with E-state index in [0.29, 0.717) is 17.2 Å². The predicted octanol–water partition coefficient (Wildman–Crippen LogP) is 4.46. The Hall–Kier alpha value is -4.64. The minimum atomic E-state index is -0.760. The number of rotatable bonds is 5. The van der Waals surface area contributed by atoms with Crippen molar-refractivity contribution in [2.75, 3.05) is 20.9 Å². The summed E-state index contributed by atoms with van der Waals surface area (Å²) in [7, 11) is 0. The zero-order valence-corrected chi connectivity index (χ0v) is 17.8. The second kappa shape index (κ2) is 10.1. The van der Waals surface area contributed by atoms with Crippen LogP contribution in [0.3, 0.4) is 0 Å². The van der Waals surface area contributed by atoms with Gasteiger partial charge in [-0.15, -0.1) is 11.3 Å². The molecule has 5 amide bonds. The molecule has 4 rings (SSSR count). The van der Waals surface area contributed by atoms with Gasteiger partial charge in [0.1, 0.15) is 10.8 Å². The summed E-state index contributed by atoms with van der Waals surface area (Å²) < 4.78 is 0. The largest absolute Gasteiger partial charge is 0.335 e.